The molecule has 0 aromatic carbocycles. The van der Waals surface area contributed by atoms with Gasteiger partial charge in [0.1, 0.15) is 5.82 Å². The Balaban J connectivity index is 1.85. The number of rotatable bonds is 3. The summed E-state index contributed by atoms with van der Waals surface area (Å²) in [6.45, 7) is 4.13. The molecule has 3 nitrogen and oxygen atoms in total. The third-order valence-electron chi connectivity index (χ3n) is 3.20. The predicted molar refractivity (Wildman–Crippen MR) is 70.9 cm³/mol. The van der Waals surface area contributed by atoms with E-state index in [0.29, 0.717) is 6.04 Å². The summed E-state index contributed by atoms with van der Waals surface area (Å²) < 4.78 is 0. The molecule has 0 bridgehead atoms. The van der Waals surface area contributed by atoms with Crippen molar-refractivity contribution in [2.75, 3.05) is 18.0 Å². The highest BCUT2D eigenvalue weighted by molar-refractivity contribution is 5.38. The molecule has 0 saturated carbocycles. The number of anilines is 1. The van der Waals surface area contributed by atoms with Crippen LogP contribution in [0.3, 0.4) is 0 Å². The number of aromatic nitrogens is 1. The molecule has 1 N–H and O–H groups in total. The molecule has 1 aliphatic heterocycles. The number of hydrogen-bond acceptors (Lipinski definition) is 3. The monoisotopic (exact) mass is 229 g/mol. The molecule has 17 heavy (non-hydrogen) atoms. The summed E-state index contributed by atoms with van der Waals surface area (Å²) in [5, 5.41) is 3.46. The van der Waals surface area contributed by atoms with Crippen molar-refractivity contribution in [3.8, 4) is 12.3 Å². The van der Waals surface area contributed by atoms with E-state index in [1.807, 2.05) is 25.3 Å². The van der Waals surface area contributed by atoms with E-state index in [-0.39, 0.29) is 6.04 Å². The molecular formula is C14H19N3. The van der Waals surface area contributed by atoms with E-state index < -0.39 is 0 Å². The summed E-state index contributed by atoms with van der Waals surface area (Å²) in [6, 6.07) is 6.76. The van der Waals surface area contributed by atoms with E-state index >= 15 is 0 Å². The van der Waals surface area contributed by atoms with E-state index in [1.165, 1.54) is 0 Å². The van der Waals surface area contributed by atoms with Crippen LogP contribution in [0, 0.1) is 12.3 Å². The van der Waals surface area contributed by atoms with Gasteiger partial charge < -0.3 is 10.2 Å². The second-order valence-electron chi connectivity index (χ2n) is 4.50. The number of piperidine rings is 1. The van der Waals surface area contributed by atoms with Gasteiger partial charge in [-0.25, -0.2) is 4.98 Å². The van der Waals surface area contributed by atoms with Gasteiger partial charge in [0.15, 0.2) is 0 Å². The third kappa shape index (κ3) is 3.21. The summed E-state index contributed by atoms with van der Waals surface area (Å²) in [6.07, 6.45) is 9.48. The molecular weight excluding hydrogens is 210 g/mol. The average molecular weight is 229 g/mol. The van der Waals surface area contributed by atoms with Gasteiger partial charge in [0.05, 0.1) is 6.04 Å². The summed E-state index contributed by atoms with van der Waals surface area (Å²) >= 11 is 0. The van der Waals surface area contributed by atoms with Crippen molar-refractivity contribution >= 4 is 5.82 Å². The molecule has 0 amide bonds. The van der Waals surface area contributed by atoms with E-state index in [1.54, 1.807) is 0 Å². The molecule has 3 heteroatoms. The molecule has 1 unspecified atom stereocenters. The highest BCUT2D eigenvalue weighted by Gasteiger charge is 2.20. The Morgan fingerprint density at radius 1 is 1.47 bits per heavy atom. The molecule has 1 saturated heterocycles. The van der Waals surface area contributed by atoms with Crippen LogP contribution in [0.5, 0.6) is 0 Å². The summed E-state index contributed by atoms with van der Waals surface area (Å²) in [5.74, 6) is 3.80. The quantitative estimate of drug-likeness (QED) is 0.799. The molecule has 90 valence electrons. The Labute approximate surface area is 103 Å². The maximum atomic E-state index is 5.37. The van der Waals surface area contributed by atoms with Crippen molar-refractivity contribution in [2.24, 2.45) is 0 Å². The van der Waals surface area contributed by atoms with Gasteiger partial charge in [0.25, 0.3) is 0 Å². The van der Waals surface area contributed by atoms with Gasteiger partial charge in [-0.05, 0) is 31.9 Å². The first-order chi connectivity index (χ1) is 8.29. The van der Waals surface area contributed by atoms with Crippen molar-refractivity contribution in [3.05, 3.63) is 24.4 Å². The number of pyridine rings is 1. The SMILES string of the molecule is C#CC(C)NC1CCN(c2ccccn2)CC1. The van der Waals surface area contributed by atoms with Crippen LogP contribution in [0.2, 0.25) is 0 Å². The first kappa shape index (κ1) is 11.9. The first-order valence-electron chi connectivity index (χ1n) is 6.18. The first-order valence-corrected chi connectivity index (χ1v) is 6.18. The van der Waals surface area contributed by atoms with Crippen LogP contribution < -0.4 is 10.2 Å². The Morgan fingerprint density at radius 2 is 2.24 bits per heavy atom. The van der Waals surface area contributed by atoms with Crippen molar-refractivity contribution in [1.82, 2.24) is 10.3 Å². The summed E-state index contributed by atoms with van der Waals surface area (Å²) in [5.41, 5.74) is 0. The maximum absolute atomic E-state index is 5.37. The Kier molecular flexibility index (Phi) is 4.00. The van der Waals surface area contributed by atoms with Crippen molar-refractivity contribution in [1.29, 1.82) is 0 Å². The van der Waals surface area contributed by atoms with E-state index in [2.05, 4.69) is 27.2 Å². The highest BCUT2D eigenvalue weighted by atomic mass is 15.2. The topological polar surface area (TPSA) is 28.2 Å². The molecule has 1 aromatic rings. The van der Waals surface area contributed by atoms with Gasteiger partial charge in [-0.1, -0.05) is 12.0 Å². The lowest BCUT2D eigenvalue weighted by atomic mass is 10.0. The average Bonchev–Trinajstić information content (AvgIpc) is 2.40. The minimum Gasteiger partial charge on any atom is -0.357 e. The number of hydrogen-bond donors (Lipinski definition) is 1. The second-order valence-corrected chi connectivity index (χ2v) is 4.50. The summed E-state index contributed by atoms with van der Waals surface area (Å²) in [4.78, 5) is 6.71. The lowest BCUT2D eigenvalue weighted by molar-refractivity contribution is 0.402. The van der Waals surface area contributed by atoms with Crippen LogP contribution in [0.4, 0.5) is 5.82 Å². The zero-order chi connectivity index (χ0) is 12.1. The minimum atomic E-state index is 0.168. The van der Waals surface area contributed by atoms with Gasteiger partial charge in [-0.2, -0.15) is 0 Å². The largest absolute Gasteiger partial charge is 0.357 e. The Morgan fingerprint density at radius 3 is 2.82 bits per heavy atom. The standard InChI is InChI=1S/C14H19N3/c1-3-12(2)16-13-7-10-17(11-8-13)14-6-4-5-9-15-14/h1,4-6,9,12-13,16H,7-8,10-11H2,2H3. The van der Waals surface area contributed by atoms with Gasteiger partial charge in [-0.3, -0.25) is 0 Å². The fourth-order valence-corrected chi connectivity index (χ4v) is 2.22. The second kappa shape index (κ2) is 5.70. The van der Waals surface area contributed by atoms with Crippen LogP contribution >= 0.6 is 0 Å². The fraction of sp³-hybridized carbons (Fsp3) is 0.500. The Bertz CT molecular complexity index is 374. The lowest BCUT2D eigenvalue weighted by Gasteiger charge is -2.33. The van der Waals surface area contributed by atoms with Crippen LogP contribution in [-0.2, 0) is 0 Å². The predicted octanol–water partition coefficient (Wildman–Crippen LogP) is 1.66. The number of nitrogens with zero attached hydrogens (tertiary/aromatic N) is 2. The highest BCUT2D eigenvalue weighted by Crippen LogP contribution is 2.17. The molecule has 0 aliphatic carbocycles. The van der Waals surface area contributed by atoms with E-state index in [4.69, 9.17) is 6.42 Å². The molecule has 1 aromatic heterocycles. The van der Waals surface area contributed by atoms with E-state index in [9.17, 15) is 0 Å². The third-order valence-corrected chi connectivity index (χ3v) is 3.20. The van der Waals surface area contributed by atoms with Gasteiger partial charge in [0.2, 0.25) is 0 Å². The molecule has 1 atom stereocenters. The molecule has 2 rings (SSSR count). The zero-order valence-corrected chi connectivity index (χ0v) is 10.3. The van der Waals surface area contributed by atoms with Crippen molar-refractivity contribution in [2.45, 2.75) is 31.8 Å². The number of terminal acetylenes is 1. The van der Waals surface area contributed by atoms with Gasteiger partial charge >= 0.3 is 0 Å². The molecule has 2 heterocycles. The fourth-order valence-electron chi connectivity index (χ4n) is 2.22. The normalized spacial score (nSPS) is 18.7. The smallest absolute Gasteiger partial charge is 0.128 e. The zero-order valence-electron chi connectivity index (χ0n) is 10.3. The number of nitrogens with one attached hydrogen (secondary N) is 1. The molecule has 1 fully saturated rings. The molecule has 0 spiro atoms. The van der Waals surface area contributed by atoms with Crippen molar-refractivity contribution in [3.63, 3.8) is 0 Å². The maximum Gasteiger partial charge on any atom is 0.128 e. The van der Waals surface area contributed by atoms with Gasteiger partial charge in [0, 0.05) is 25.3 Å². The summed E-state index contributed by atoms with van der Waals surface area (Å²) in [7, 11) is 0. The van der Waals surface area contributed by atoms with Crippen LogP contribution in [0.25, 0.3) is 0 Å². The van der Waals surface area contributed by atoms with Crippen LogP contribution in [0.1, 0.15) is 19.8 Å². The minimum absolute atomic E-state index is 0.168. The lowest BCUT2D eigenvalue weighted by Crippen LogP contribution is -2.45. The van der Waals surface area contributed by atoms with Crippen LogP contribution in [-0.4, -0.2) is 30.2 Å². The van der Waals surface area contributed by atoms with Gasteiger partial charge in [-0.15, -0.1) is 6.42 Å². The Hall–Kier alpha value is -1.53. The molecule has 1 aliphatic rings. The van der Waals surface area contributed by atoms with E-state index in [0.717, 1.165) is 31.7 Å². The van der Waals surface area contributed by atoms with Crippen LogP contribution in [0.15, 0.2) is 24.4 Å². The molecule has 0 radical (unpaired) electrons. The van der Waals surface area contributed by atoms with Crippen molar-refractivity contribution < 1.29 is 0 Å².